The van der Waals surface area contributed by atoms with E-state index in [1.807, 2.05) is 42.9 Å². The van der Waals surface area contributed by atoms with Gasteiger partial charge < -0.3 is 15.0 Å². The largest absolute Gasteiger partial charge is 0.457 e. The van der Waals surface area contributed by atoms with E-state index >= 15 is 0 Å². The van der Waals surface area contributed by atoms with Crippen LogP contribution in [0.15, 0.2) is 84.9 Å². The summed E-state index contributed by atoms with van der Waals surface area (Å²) in [5.41, 5.74) is 3.73. The number of likely N-dealkylation sites (tertiary alicyclic amines) is 1. The monoisotopic (exact) mass is 541 g/mol. The Morgan fingerprint density at radius 1 is 1.02 bits per heavy atom. The number of nitrogens with zero attached hydrogens (tertiary/aromatic N) is 2. The summed E-state index contributed by atoms with van der Waals surface area (Å²) in [6.45, 7) is 2.51. The lowest BCUT2D eigenvalue weighted by Gasteiger charge is -2.23. The minimum absolute atomic E-state index is 0.0555. The molecule has 206 valence electrons. The molecule has 1 aliphatic heterocycles. The Labute approximate surface area is 233 Å². The van der Waals surface area contributed by atoms with Gasteiger partial charge in [0.1, 0.15) is 29.8 Å². The normalized spacial score (nSPS) is 16.6. The van der Waals surface area contributed by atoms with Crippen molar-refractivity contribution in [2.75, 3.05) is 11.9 Å². The number of amides is 2. The molecule has 7 nitrogen and oxygen atoms in total. The molecule has 8 heteroatoms. The first kappa shape index (κ1) is 27.1. The summed E-state index contributed by atoms with van der Waals surface area (Å²) in [4.78, 5) is 28.7. The van der Waals surface area contributed by atoms with E-state index in [0.717, 1.165) is 24.2 Å². The molecule has 2 atom stereocenters. The van der Waals surface area contributed by atoms with Crippen LogP contribution in [0.1, 0.15) is 29.8 Å². The number of ether oxygens (including phenoxy) is 1. The molecule has 40 heavy (non-hydrogen) atoms. The fourth-order valence-corrected chi connectivity index (χ4v) is 5.28. The standard InChI is InChI=1S/C32H33FN4O3/c1-22-18-27(36(2)35-22)20-31(38)37-21-24(9-8-23-6-4-3-5-7-23)19-30(37)32(39)34-26-12-16-29(17-13-26)40-28-14-10-25(33)11-15-28/h3-7,10-18,24,30H,8-9,19-21H2,1-2H3,(H,34,39)/p+1. The second kappa shape index (κ2) is 12.2. The summed E-state index contributed by atoms with van der Waals surface area (Å²) in [5, 5.41) is 6.17. The van der Waals surface area contributed by atoms with Crippen LogP contribution in [-0.2, 0) is 29.5 Å². The van der Waals surface area contributed by atoms with Crippen LogP contribution in [0.5, 0.6) is 11.5 Å². The maximum atomic E-state index is 13.5. The van der Waals surface area contributed by atoms with Crippen LogP contribution in [0.4, 0.5) is 10.1 Å². The summed E-state index contributed by atoms with van der Waals surface area (Å²) in [6.07, 6.45) is 2.66. The Morgan fingerprint density at radius 2 is 1.70 bits per heavy atom. The quantitative estimate of drug-likeness (QED) is 0.289. The number of rotatable bonds is 9. The molecule has 0 radical (unpaired) electrons. The first-order valence-corrected chi connectivity index (χ1v) is 13.6. The molecule has 2 N–H and O–H groups in total. The predicted octanol–water partition coefficient (Wildman–Crippen LogP) is 5.11. The Hall–Kier alpha value is -4.46. The first-order valence-electron chi connectivity index (χ1n) is 13.6. The Morgan fingerprint density at radius 3 is 2.35 bits per heavy atom. The van der Waals surface area contributed by atoms with Crippen LogP contribution in [0.2, 0.25) is 0 Å². The second-order valence-electron chi connectivity index (χ2n) is 10.4. The van der Waals surface area contributed by atoms with Crippen molar-refractivity contribution in [3.05, 3.63) is 108 Å². The van der Waals surface area contributed by atoms with E-state index in [1.54, 1.807) is 41.3 Å². The number of aromatic amines is 1. The van der Waals surface area contributed by atoms with Gasteiger partial charge in [-0.25, -0.2) is 4.39 Å². The number of hydrogen-bond acceptors (Lipinski definition) is 3. The van der Waals surface area contributed by atoms with Crippen molar-refractivity contribution in [3.8, 4) is 11.5 Å². The molecule has 2 heterocycles. The second-order valence-corrected chi connectivity index (χ2v) is 10.4. The van der Waals surface area contributed by atoms with Crippen LogP contribution in [-0.4, -0.2) is 34.4 Å². The molecule has 2 amide bonds. The minimum Gasteiger partial charge on any atom is -0.457 e. The van der Waals surface area contributed by atoms with Crippen molar-refractivity contribution in [2.24, 2.45) is 13.0 Å². The maximum absolute atomic E-state index is 13.5. The minimum atomic E-state index is -0.547. The van der Waals surface area contributed by atoms with Gasteiger partial charge in [-0.15, -0.1) is 4.68 Å². The van der Waals surface area contributed by atoms with E-state index in [2.05, 4.69) is 22.5 Å². The number of halogens is 1. The Balaban J connectivity index is 1.26. The van der Waals surface area contributed by atoms with Crippen LogP contribution in [0, 0.1) is 18.7 Å². The molecule has 1 fully saturated rings. The van der Waals surface area contributed by atoms with Gasteiger partial charge in [0.2, 0.25) is 17.5 Å². The molecule has 1 aromatic heterocycles. The third kappa shape index (κ3) is 6.75. The van der Waals surface area contributed by atoms with E-state index in [-0.39, 0.29) is 30.0 Å². The molecule has 3 aromatic carbocycles. The summed E-state index contributed by atoms with van der Waals surface area (Å²) < 4.78 is 20.8. The zero-order valence-corrected chi connectivity index (χ0v) is 22.8. The molecule has 5 rings (SSSR count). The zero-order chi connectivity index (χ0) is 28.1. The van der Waals surface area contributed by atoms with Crippen LogP contribution in [0.25, 0.3) is 0 Å². The van der Waals surface area contributed by atoms with Crippen LogP contribution < -0.4 is 14.7 Å². The average Bonchev–Trinajstić information content (AvgIpc) is 3.52. The molecule has 0 bridgehead atoms. The molecule has 4 aromatic rings. The SMILES string of the molecule is Cc1cc(CC(=O)N2CC(CCc3ccccc3)CC2C(=O)Nc2ccc(Oc3ccc(F)cc3)cc2)[n+](C)[nH]1. The van der Waals surface area contributed by atoms with Crippen LogP contribution in [0.3, 0.4) is 0 Å². The molecule has 0 spiro atoms. The highest BCUT2D eigenvalue weighted by Gasteiger charge is 2.40. The summed E-state index contributed by atoms with van der Waals surface area (Å²) in [6, 6.07) is 24.5. The average molecular weight is 542 g/mol. The summed E-state index contributed by atoms with van der Waals surface area (Å²) in [7, 11) is 1.88. The third-order valence-corrected chi connectivity index (χ3v) is 7.36. The van der Waals surface area contributed by atoms with E-state index in [9.17, 15) is 14.0 Å². The van der Waals surface area contributed by atoms with Gasteiger partial charge in [-0.2, -0.15) is 5.10 Å². The van der Waals surface area contributed by atoms with Crippen molar-refractivity contribution in [1.29, 1.82) is 0 Å². The molecule has 0 saturated carbocycles. The van der Waals surface area contributed by atoms with Crippen molar-refractivity contribution in [1.82, 2.24) is 10.00 Å². The first-order chi connectivity index (χ1) is 19.3. The predicted molar refractivity (Wildman–Crippen MR) is 150 cm³/mol. The number of carbonyl (C=O) groups is 2. The van der Waals surface area contributed by atoms with Gasteiger partial charge in [-0.1, -0.05) is 30.3 Å². The van der Waals surface area contributed by atoms with E-state index in [0.29, 0.717) is 30.2 Å². The Kier molecular flexibility index (Phi) is 8.24. The number of nitrogens with one attached hydrogen (secondary N) is 2. The number of hydrogen-bond donors (Lipinski definition) is 2. The Bertz CT molecular complexity index is 1450. The van der Waals surface area contributed by atoms with Crippen molar-refractivity contribution in [2.45, 2.75) is 38.6 Å². The van der Waals surface area contributed by atoms with Gasteiger partial charge in [0, 0.05) is 18.3 Å². The molecule has 1 saturated heterocycles. The third-order valence-electron chi connectivity index (χ3n) is 7.36. The number of anilines is 1. The van der Waals surface area contributed by atoms with Gasteiger partial charge in [0.15, 0.2) is 7.05 Å². The molecular weight excluding hydrogens is 507 g/mol. The van der Waals surface area contributed by atoms with Crippen molar-refractivity contribution >= 4 is 17.5 Å². The van der Waals surface area contributed by atoms with E-state index in [1.165, 1.54) is 17.7 Å². The summed E-state index contributed by atoms with van der Waals surface area (Å²) in [5.74, 6) is 0.735. The summed E-state index contributed by atoms with van der Waals surface area (Å²) >= 11 is 0. The van der Waals surface area contributed by atoms with Gasteiger partial charge in [0.05, 0.1) is 5.69 Å². The number of benzene rings is 3. The lowest BCUT2D eigenvalue weighted by molar-refractivity contribution is -0.733. The van der Waals surface area contributed by atoms with Gasteiger partial charge >= 0.3 is 0 Å². The molecule has 2 unspecified atom stereocenters. The zero-order valence-electron chi connectivity index (χ0n) is 22.8. The fraction of sp³-hybridized carbons (Fsp3) is 0.281. The molecular formula is C32H34FN4O3+. The van der Waals surface area contributed by atoms with Crippen molar-refractivity contribution in [3.63, 3.8) is 0 Å². The number of aromatic nitrogens is 2. The maximum Gasteiger partial charge on any atom is 0.247 e. The van der Waals surface area contributed by atoms with Gasteiger partial charge in [-0.3, -0.25) is 9.59 Å². The molecule has 1 aliphatic rings. The number of aryl methyl sites for hydroxylation is 3. The highest BCUT2D eigenvalue weighted by atomic mass is 19.1. The lowest BCUT2D eigenvalue weighted by Crippen LogP contribution is -2.45. The van der Waals surface area contributed by atoms with E-state index < -0.39 is 6.04 Å². The lowest BCUT2D eigenvalue weighted by atomic mass is 9.97. The topological polar surface area (TPSA) is 78.3 Å². The van der Waals surface area contributed by atoms with Gasteiger partial charge in [-0.05, 0) is 86.2 Å². The fourth-order valence-electron chi connectivity index (χ4n) is 5.28. The van der Waals surface area contributed by atoms with Crippen molar-refractivity contribution < 1.29 is 23.4 Å². The highest BCUT2D eigenvalue weighted by Crippen LogP contribution is 2.29. The smallest absolute Gasteiger partial charge is 0.247 e. The number of H-pyrrole nitrogens is 1. The van der Waals surface area contributed by atoms with E-state index in [4.69, 9.17) is 4.74 Å². The van der Waals surface area contributed by atoms with Gasteiger partial charge in [0.25, 0.3) is 0 Å². The highest BCUT2D eigenvalue weighted by molar-refractivity contribution is 5.97. The molecule has 0 aliphatic carbocycles. The van der Waals surface area contributed by atoms with Crippen LogP contribution >= 0.6 is 0 Å². The number of carbonyl (C=O) groups excluding carboxylic acids is 2.